The van der Waals surface area contributed by atoms with E-state index in [1.165, 1.54) is 11.6 Å². The number of carbonyl (C=O) groups is 2. The molecule has 8 nitrogen and oxygen atoms in total. The Morgan fingerprint density at radius 1 is 0.960 bits per heavy atom. The fraction of sp³-hybridized carbons (Fsp3) is 0.350. The van der Waals surface area contributed by atoms with Crippen LogP contribution in [0.2, 0.25) is 5.02 Å². The summed E-state index contributed by atoms with van der Waals surface area (Å²) in [6.07, 6.45) is -1.38. The molecule has 0 radical (unpaired) electrons. The number of nitrogens with zero attached hydrogens (tertiary/aromatic N) is 1. The number of halogens is 2. The van der Waals surface area contributed by atoms with E-state index < -0.39 is 23.9 Å². The molecule has 0 saturated heterocycles. The summed E-state index contributed by atoms with van der Waals surface area (Å²) in [5, 5.41) is 6.64. The van der Waals surface area contributed by atoms with Crippen LogP contribution < -0.4 is 25.0 Å². The van der Waals surface area contributed by atoms with Crippen LogP contribution in [0.5, 0.6) is 11.5 Å². The van der Waals surface area contributed by atoms with Gasteiger partial charge in [-0.15, -0.1) is 0 Å². The normalized spacial score (nSPS) is 16.0. The lowest BCUT2D eigenvalue weighted by Gasteiger charge is -2.31. The van der Waals surface area contributed by atoms with E-state index in [1.54, 1.807) is 42.3 Å². The molecule has 0 aromatic heterocycles. The number of anilines is 1. The third-order valence-electron chi connectivity index (χ3n) is 8.31. The van der Waals surface area contributed by atoms with Crippen LogP contribution in [0.15, 0.2) is 91.0 Å². The number of carbonyl (C=O) groups excluding carboxylic acids is 2. The molecule has 0 spiro atoms. The number of ether oxygens (including phenoxy) is 3. The number of amides is 2. The fourth-order valence-electron chi connectivity index (χ4n) is 5.97. The van der Waals surface area contributed by atoms with Gasteiger partial charge >= 0.3 is 0 Å². The van der Waals surface area contributed by atoms with Crippen LogP contribution in [-0.2, 0) is 27.3 Å². The SMILES string of the molecule is COc1c(OCCNCCc2ccccc2)cccc1[C@@H]1O[C@@H](CC(=O)NCc2ccccc2F)C(=O)N(CC(C)(C)C)c2ccc(Cl)cc21. The molecule has 2 amide bonds. The van der Waals surface area contributed by atoms with E-state index in [0.29, 0.717) is 58.6 Å². The highest BCUT2D eigenvalue weighted by molar-refractivity contribution is 6.30. The lowest BCUT2D eigenvalue weighted by molar-refractivity contribution is -0.138. The standard InChI is InChI=1S/C40H45ClFN3O5/c1-40(2,3)26-45-33-18-17-29(41)23-31(33)37(50-35(39(45)47)24-36(46)44-25-28-13-8-9-15-32(28)42)30-14-10-16-34(38(30)48-4)49-22-21-43-20-19-27-11-6-5-7-12-27/h5-18,23,35,37,43H,19-22,24-26H2,1-4H3,(H,44,46)/t35-,37-/m0/s1. The van der Waals surface area contributed by atoms with Crippen LogP contribution >= 0.6 is 11.6 Å². The minimum absolute atomic E-state index is 0.0221. The largest absolute Gasteiger partial charge is 0.492 e. The molecule has 264 valence electrons. The third-order valence-corrected chi connectivity index (χ3v) is 8.54. The van der Waals surface area contributed by atoms with Crippen LogP contribution in [0, 0.1) is 11.2 Å². The van der Waals surface area contributed by atoms with Crippen molar-refractivity contribution in [1.82, 2.24) is 10.6 Å². The minimum Gasteiger partial charge on any atom is -0.492 e. The molecule has 10 heteroatoms. The van der Waals surface area contributed by atoms with E-state index in [2.05, 4.69) is 22.8 Å². The predicted octanol–water partition coefficient (Wildman–Crippen LogP) is 7.27. The average Bonchev–Trinajstić information content (AvgIpc) is 3.19. The number of rotatable bonds is 14. The first kappa shape index (κ1) is 36.8. The van der Waals surface area contributed by atoms with Crippen molar-refractivity contribution in [2.75, 3.05) is 38.3 Å². The molecule has 1 aliphatic rings. The van der Waals surface area contributed by atoms with Crippen LogP contribution in [0.1, 0.15) is 55.5 Å². The molecule has 0 fully saturated rings. The van der Waals surface area contributed by atoms with Gasteiger partial charge in [-0.1, -0.05) is 93.0 Å². The van der Waals surface area contributed by atoms with Gasteiger partial charge in [0.1, 0.15) is 24.6 Å². The zero-order valence-electron chi connectivity index (χ0n) is 29.0. The Kier molecular flexibility index (Phi) is 12.5. The summed E-state index contributed by atoms with van der Waals surface area (Å²) in [7, 11) is 1.56. The fourth-order valence-corrected chi connectivity index (χ4v) is 6.15. The maximum Gasteiger partial charge on any atom is 0.256 e. The zero-order valence-corrected chi connectivity index (χ0v) is 29.8. The van der Waals surface area contributed by atoms with Crippen molar-refractivity contribution in [2.45, 2.75) is 52.4 Å². The van der Waals surface area contributed by atoms with E-state index in [-0.39, 0.29) is 24.3 Å². The van der Waals surface area contributed by atoms with Crippen molar-refractivity contribution in [3.8, 4) is 11.5 Å². The Morgan fingerprint density at radius 2 is 1.72 bits per heavy atom. The topological polar surface area (TPSA) is 89.1 Å². The van der Waals surface area contributed by atoms with E-state index in [4.69, 9.17) is 25.8 Å². The molecule has 2 N–H and O–H groups in total. The zero-order chi connectivity index (χ0) is 35.7. The van der Waals surface area contributed by atoms with Crippen molar-refractivity contribution >= 4 is 29.1 Å². The summed E-state index contributed by atoms with van der Waals surface area (Å²) in [5.74, 6) is -0.264. The summed E-state index contributed by atoms with van der Waals surface area (Å²) in [5.41, 5.74) is 3.22. The second-order valence-corrected chi connectivity index (χ2v) is 13.9. The van der Waals surface area contributed by atoms with E-state index in [1.807, 2.05) is 63.2 Å². The molecule has 2 atom stereocenters. The molecule has 50 heavy (non-hydrogen) atoms. The molecule has 1 aliphatic heterocycles. The van der Waals surface area contributed by atoms with Gasteiger partial charge in [-0.3, -0.25) is 9.59 Å². The first-order valence-corrected chi connectivity index (χ1v) is 17.2. The quantitative estimate of drug-likeness (QED) is 0.135. The van der Waals surface area contributed by atoms with Gasteiger partial charge in [-0.2, -0.15) is 0 Å². The van der Waals surface area contributed by atoms with Gasteiger partial charge in [0.05, 0.1) is 13.5 Å². The van der Waals surface area contributed by atoms with E-state index in [0.717, 1.165) is 13.0 Å². The number of hydrogen-bond donors (Lipinski definition) is 2. The lowest BCUT2D eigenvalue weighted by Crippen LogP contribution is -2.45. The van der Waals surface area contributed by atoms with Gasteiger partial charge in [-0.25, -0.2) is 4.39 Å². The second kappa shape index (κ2) is 17.0. The number of benzene rings is 4. The monoisotopic (exact) mass is 701 g/mol. The molecular weight excluding hydrogens is 657 g/mol. The second-order valence-electron chi connectivity index (χ2n) is 13.5. The van der Waals surface area contributed by atoms with Gasteiger partial charge in [0.25, 0.3) is 5.91 Å². The van der Waals surface area contributed by atoms with Gasteiger partial charge in [0.2, 0.25) is 5.91 Å². The Bertz CT molecular complexity index is 1760. The summed E-state index contributed by atoms with van der Waals surface area (Å²) in [4.78, 5) is 29.3. The molecule has 0 aliphatic carbocycles. The molecule has 4 aromatic carbocycles. The highest BCUT2D eigenvalue weighted by Crippen LogP contribution is 2.45. The lowest BCUT2D eigenvalue weighted by atomic mass is 9.94. The van der Waals surface area contributed by atoms with Gasteiger partial charge in [0, 0.05) is 47.0 Å². The maximum atomic E-state index is 14.3. The summed E-state index contributed by atoms with van der Waals surface area (Å²) < 4.78 is 33.0. The van der Waals surface area contributed by atoms with Crippen molar-refractivity contribution in [1.29, 1.82) is 0 Å². The van der Waals surface area contributed by atoms with Crippen molar-refractivity contribution < 1.29 is 28.2 Å². The highest BCUT2D eigenvalue weighted by atomic mass is 35.5. The summed E-state index contributed by atoms with van der Waals surface area (Å²) >= 11 is 6.57. The smallest absolute Gasteiger partial charge is 0.256 e. The maximum absolute atomic E-state index is 14.3. The number of hydrogen-bond acceptors (Lipinski definition) is 6. The van der Waals surface area contributed by atoms with Gasteiger partial charge in [0.15, 0.2) is 11.5 Å². The molecule has 0 saturated carbocycles. The summed E-state index contributed by atoms with van der Waals surface area (Å²) in [6, 6.07) is 27.4. The first-order valence-electron chi connectivity index (χ1n) is 16.8. The summed E-state index contributed by atoms with van der Waals surface area (Å²) in [6.45, 7) is 8.28. The van der Waals surface area contributed by atoms with Crippen LogP contribution in [-0.4, -0.2) is 51.3 Å². The van der Waals surface area contributed by atoms with Crippen LogP contribution in [0.4, 0.5) is 10.1 Å². The molecule has 4 aromatic rings. The molecular formula is C40H45ClFN3O5. The van der Waals surface area contributed by atoms with Crippen LogP contribution in [0.3, 0.4) is 0 Å². The van der Waals surface area contributed by atoms with E-state index in [9.17, 15) is 14.0 Å². The Balaban J connectivity index is 1.41. The minimum atomic E-state index is -1.17. The predicted molar refractivity (Wildman–Crippen MR) is 194 cm³/mol. The molecule has 5 rings (SSSR count). The first-order chi connectivity index (χ1) is 24.0. The van der Waals surface area contributed by atoms with Crippen molar-refractivity contribution in [3.05, 3.63) is 124 Å². The Labute approximate surface area is 298 Å². The third kappa shape index (κ3) is 9.62. The number of fused-ring (bicyclic) bond motifs is 1. The number of para-hydroxylation sites is 1. The number of methoxy groups -OCH3 is 1. The number of nitrogens with one attached hydrogen (secondary N) is 2. The Hall–Kier alpha value is -4.44. The highest BCUT2D eigenvalue weighted by Gasteiger charge is 2.40. The Morgan fingerprint density at radius 3 is 2.46 bits per heavy atom. The van der Waals surface area contributed by atoms with E-state index >= 15 is 0 Å². The molecule has 1 heterocycles. The van der Waals surface area contributed by atoms with Crippen molar-refractivity contribution in [3.63, 3.8) is 0 Å². The molecule has 0 unspecified atom stereocenters. The van der Waals surface area contributed by atoms with Gasteiger partial charge in [-0.05, 0) is 54.3 Å². The van der Waals surface area contributed by atoms with Gasteiger partial charge < -0.3 is 29.7 Å². The van der Waals surface area contributed by atoms with Crippen LogP contribution in [0.25, 0.3) is 0 Å². The average molecular weight is 702 g/mol. The molecule has 0 bridgehead atoms. The van der Waals surface area contributed by atoms with Crippen molar-refractivity contribution in [2.24, 2.45) is 5.41 Å².